The molecule has 2 aliphatic rings. The highest BCUT2D eigenvalue weighted by Crippen LogP contribution is 2.44. The monoisotopic (exact) mass is 596 g/mol. The molecule has 1 atom stereocenters. The minimum absolute atomic E-state index is 0.00246. The number of ether oxygens (including phenoxy) is 1. The maximum atomic E-state index is 12.6. The quantitative estimate of drug-likeness (QED) is 0.222. The van der Waals surface area contributed by atoms with Gasteiger partial charge in [-0.2, -0.15) is 13.2 Å². The van der Waals surface area contributed by atoms with E-state index in [2.05, 4.69) is 10.2 Å². The van der Waals surface area contributed by atoms with Gasteiger partial charge in [0.25, 0.3) is 0 Å². The third-order valence-corrected chi connectivity index (χ3v) is 7.67. The molecule has 1 aromatic heterocycles. The lowest BCUT2D eigenvalue weighted by Crippen LogP contribution is -2.72. The number of aromatic nitrogens is 2. The zero-order valence-corrected chi connectivity index (χ0v) is 24.3. The molecular weight excluding hydrogens is 561 g/mol. The van der Waals surface area contributed by atoms with Crippen LogP contribution < -0.4 is 15.0 Å². The molecule has 41 heavy (non-hydrogen) atoms. The topological polar surface area (TPSA) is 118 Å². The fourth-order valence-corrected chi connectivity index (χ4v) is 5.71. The molecule has 0 saturated carbocycles. The van der Waals surface area contributed by atoms with Crippen molar-refractivity contribution in [2.24, 2.45) is 5.41 Å². The molecule has 2 aliphatic heterocycles. The number of benzene rings is 1. The number of hydrogen-bond donors (Lipinski definition) is 4. The number of likely N-dealkylation sites (tertiary alicyclic amines) is 1. The highest BCUT2D eigenvalue weighted by atomic mass is 35.5. The van der Waals surface area contributed by atoms with Gasteiger partial charge in [-0.25, -0.2) is 9.97 Å². The summed E-state index contributed by atoms with van der Waals surface area (Å²) >= 11 is 6.58. The van der Waals surface area contributed by atoms with E-state index in [1.807, 2.05) is 11.8 Å². The summed E-state index contributed by atoms with van der Waals surface area (Å²) in [7, 11) is 1.73. The summed E-state index contributed by atoms with van der Waals surface area (Å²) in [5, 5.41) is 32.0. The van der Waals surface area contributed by atoms with Crippen LogP contribution in [-0.2, 0) is 0 Å². The Bertz CT molecular complexity index is 1320. The number of allylic oxidation sites excluding steroid dienone is 2. The van der Waals surface area contributed by atoms with Crippen LogP contribution in [-0.4, -0.2) is 96.0 Å². The standard InChI is InChI=1S/C28H36ClF3N6O3/c1-16-24(23(17(2)33)18(3)39)35-25(21-9-20(5-6-22(21)29)41-11-19(40)10-34-4)36-26(16)38-14-27(15-38)12-37(13-27)8-7-28(30,31)32/h5-6,9,19,33-34,39-40H,7-8,10-15H2,1-4H3/b23-18+,33-17?/t19-/m1/s1. The van der Waals surface area contributed by atoms with Crippen molar-refractivity contribution < 1.29 is 28.1 Å². The molecule has 1 spiro atoms. The summed E-state index contributed by atoms with van der Waals surface area (Å²) in [6.45, 7) is 7.73. The van der Waals surface area contributed by atoms with Crippen molar-refractivity contribution >= 4 is 28.7 Å². The van der Waals surface area contributed by atoms with Crippen molar-refractivity contribution in [3.8, 4) is 17.1 Å². The van der Waals surface area contributed by atoms with Gasteiger partial charge >= 0.3 is 6.18 Å². The first kappa shape index (κ1) is 31.0. The largest absolute Gasteiger partial charge is 0.512 e. The Morgan fingerprint density at radius 1 is 1.22 bits per heavy atom. The molecular formula is C28H36ClF3N6O3. The highest BCUT2D eigenvalue weighted by molar-refractivity contribution is 6.33. The highest BCUT2D eigenvalue weighted by Gasteiger charge is 2.52. The molecule has 1 aromatic carbocycles. The Hall–Kier alpha value is -2.93. The smallest absolute Gasteiger partial charge is 0.390 e. The predicted molar refractivity (Wildman–Crippen MR) is 153 cm³/mol. The predicted octanol–water partition coefficient (Wildman–Crippen LogP) is 4.47. The second kappa shape index (κ2) is 12.1. The molecule has 4 rings (SSSR count). The van der Waals surface area contributed by atoms with Crippen LogP contribution in [0.1, 0.15) is 31.5 Å². The molecule has 9 nitrogen and oxygen atoms in total. The second-order valence-electron chi connectivity index (χ2n) is 11.0. The van der Waals surface area contributed by atoms with E-state index in [9.17, 15) is 23.4 Å². The lowest BCUT2D eigenvalue weighted by molar-refractivity contribution is -0.146. The summed E-state index contributed by atoms with van der Waals surface area (Å²) in [5.74, 6) is 1.28. The third-order valence-electron chi connectivity index (χ3n) is 7.34. The summed E-state index contributed by atoms with van der Waals surface area (Å²) in [6.07, 6.45) is -5.70. The fraction of sp³-hybridized carbons (Fsp3) is 0.536. The summed E-state index contributed by atoms with van der Waals surface area (Å²) in [5.41, 5.74) is 1.86. The van der Waals surface area contributed by atoms with Gasteiger partial charge in [0.15, 0.2) is 5.82 Å². The number of likely N-dealkylation sites (N-methyl/N-ethyl adjacent to an activating group) is 1. The molecule has 0 radical (unpaired) electrons. The van der Waals surface area contributed by atoms with Crippen LogP contribution in [0.2, 0.25) is 5.02 Å². The summed E-state index contributed by atoms with van der Waals surface area (Å²) < 4.78 is 43.7. The number of anilines is 1. The summed E-state index contributed by atoms with van der Waals surface area (Å²) in [4.78, 5) is 13.4. The van der Waals surface area contributed by atoms with Crippen molar-refractivity contribution in [3.05, 3.63) is 40.2 Å². The van der Waals surface area contributed by atoms with Gasteiger partial charge in [0, 0.05) is 61.5 Å². The lowest BCUT2D eigenvalue weighted by Gasteiger charge is -2.61. The van der Waals surface area contributed by atoms with Gasteiger partial charge < -0.3 is 35.5 Å². The molecule has 224 valence electrons. The maximum absolute atomic E-state index is 12.6. The molecule has 0 unspecified atom stereocenters. The van der Waals surface area contributed by atoms with Crippen LogP contribution in [0.25, 0.3) is 17.0 Å². The minimum atomic E-state index is -4.17. The molecule has 2 fully saturated rings. The average molecular weight is 597 g/mol. The van der Waals surface area contributed by atoms with Crippen molar-refractivity contribution in [1.29, 1.82) is 5.41 Å². The van der Waals surface area contributed by atoms with Gasteiger partial charge in [-0.1, -0.05) is 11.6 Å². The number of rotatable bonds is 11. The van der Waals surface area contributed by atoms with E-state index in [1.54, 1.807) is 32.2 Å². The van der Waals surface area contributed by atoms with E-state index in [1.165, 1.54) is 6.92 Å². The zero-order chi connectivity index (χ0) is 30.1. The van der Waals surface area contributed by atoms with Crippen molar-refractivity contribution in [2.75, 3.05) is 57.8 Å². The Morgan fingerprint density at radius 2 is 1.90 bits per heavy atom. The average Bonchev–Trinajstić information content (AvgIpc) is 2.82. The fourth-order valence-electron chi connectivity index (χ4n) is 5.51. The van der Waals surface area contributed by atoms with Crippen molar-refractivity contribution in [2.45, 2.75) is 39.5 Å². The van der Waals surface area contributed by atoms with Gasteiger partial charge in [0.05, 0.1) is 22.7 Å². The van der Waals surface area contributed by atoms with Gasteiger partial charge in [0.1, 0.15) is 30.0 Å². The zero-order valence-electron chi connectivity index (χ0n) is 23.6. The SMILES string of the molecule is CNC[C@@H](O)COc1ccc(Cl)c(-c2nc(/C(C(C)=N)=C(\C)O)c(C)c(N3CC4(CN(CCC(F)(F)F)C4)C3)n2)c1. The van der Waals surface area contributed by atoms with Crippen LogP contribution in [0, 0.1) is 17.7 Å². The molecule has 2 aromatic rings. The number of hydrogen-bond acceptors (Lipinski definition) is 9. The first-order chi connectivity index (χ1) is 19.2. The van der Waals surface area contributed by atoms with E-state index in [0.717, 1.165) is 0 Å². The lowest BCUT2D eigenvalue weighted by atomic mass is 9.72. The van der Waals surface area contributed by atoms with E-state index in [0.29, 0.717) is 66.1 Å². The molecule has 0 bridgehead atoms. The number of halogens is 4. The van der Waals surface area contributed by atoms with Crippen molar-refractivity contribution in [1.82, 2.24) is 20.2 Å². The minimum Gasteiger partial charge on any atom is -0.512 e. The van der Waals surface area contributed by atoms with E-state index in [4.69, 9.17) is 31.7 Å². The van der Waals surface area contributed by atoms with Crippen LogP contribution in [0.3, 0.4) is 0 Å². The summed E-state index contributed by atoms with van der Waals surface area (Å²) in [6, 6.07) is 5.01. The van der Waals surface area contributed by atoms with E-state index >= 15 is 0 Å². The van der Waals surface area contributed by atoms with Gasteiger partial charge in [-0.05, 0) is 46.0 Å². The van der Waals surface area contributed by atoms with Crippen LogP contribution in [0.15, 0.2) is 24.0 Å². The first-order valence-corrected chi connectivity index (χ1v) is 13.7. The molecule has 4 N–H and O–H groups in total. The van der Waals surface area contributed by atoms with Crippen LogP contribution in [0.4, 0.5) is 19.0 Å². The Morgan fingerprint density at radius 3 is 2.49 bits per heavy atom. The Balaban J connectivity index is 1.64. The number of nitrogens with one attached hydrogen (secondary N) is 2. The van der Waals surface area contributed by atoms with Gasteiger partial charge in [0.2, 0.25) is 0 Å². The molecule has 2 saturated heterocycles. The molecule has 0 amide bonds. The molecule has 0 aliphatic carbocycles. The first-order valence-electron chi connectivity index (χ1n) is 13.4. The van der Waals surface area contributed by atoms with E-state index in [-0.39, 0.29) is 41.4 Å². The van der Waals surface area contributed by atoms with Gasteiger partial charge in [-0.15, -0.1) is 0 Å². The Labute approximate surface area is 242 Å². The van der Waals surface area contributed by atoms with Crippen LogP contribution in [0.5, 0.6) is 5.75 Å². The number of aliphatic hydroxyl groups excluding tert-OH is 2. The maximum Gasteiger partial charge on any atom is 0.390 e. The number of alkyl halides is 3. The third kappa shape index (κ3) is 7.11. The van der Waals surface area contributed by atoms with Crippen molar-refractivity contribution in [3.63, 3.8) is 0 Å². The number of aliphatic hydroxyl groups is 2. The molecule has 3 heterocycles. The molecule has 13 heteroatoms. The van der Waals surface area contributed by atoms with Crippen LogP contribution >= 0.6 is 11.6 Å². The van der Waals surface area contributed by atoms with Gasteiger partial charge in [-0.3, -0.25) is 0 Å². The normalized spacial score (nSPS) is 18.0. The number of nitrogens with zero attached hydrogens (tertiary/aromatic N) is 4. The Kier molecular flexibility index (Phi) is 9.17. The second-order valence-corrected chi connectivity index (χ2v) is 11.4. The van der Waals surface area contributed by atoms with E-state index < -0.39 is 18.7 Å².